The Morgan fingerprint density at radius 3 is 1.12 bits per heavy atom. The quantitative estimate of drug-likeness (QED) is 0.0211. The van der Waals surface area contributed by atoms with Crippen molar-refractivity contribution in [3.8, 4) is 0 Å². The van der Waals surface area contributed by atoms with E-state index in [9.17, 15) is 19.0 Å². The minimum atomic E-state index is -4.39. The monoisotopic (exact) mass is 1080 g/mol. The second-order valence-electron chi connectivity index (χ2n) is 22.1. The van der Waals surface area contributed by atoms with Crippen molar-refractivity contribution in [2.24, 2.45) is 0 Å². The summed E-state index contributed by atoms with van der Waals surface area (Å²) in [5.74, 6) is -0.807. The van der Waals surface area contributed by atoms with Crippen LogP contribution in [-0.4, -0.2) is 74.9 Å². The summed E-state index contributed by atoms with van der Waals surface area (Å²) in [6.07, 6.45) is 76.8. The van der Waals surface area contributed by atoms with Crippen molar-refractivity contribution >= 4 is 19.8 Å². The molecule has 0 aliphatic carbocycles. The maximum atomic E-state index is 12.8. The summed E-state index contributed by atoms with van der Waals surface area (Å²) in [4.78, 5) is 35.7. The number of carbonyl (C=O) groups excluding carboxylic acids is 2. The van der Waals surface area contributed by atoms with Gasteiger partial charge in [-0.1, -0.05) is 253 Å². The number of phosphoric acid groups is 1. The van der Waals surface area contributed by atoms with Gasteiger partial charge in [-0.3, -0.25) is 18.6 Å². The molecule has 0 amide bonds. The zero-order valence-corrected chi connectivity index (χ0v) is 50.9. The zero-order valence-electron chi connectivity index (χ0n) is 50.0. The fourth-order valence-electron chi connectivity index (χ4n) is 8.60. The predicted octanol–water partition coefficient (Wildman–Crippen LogP) is 19.8. The van der Waals surface area contributed by atoms with E-state index >= 15 is 0 Å². The Kier molecular flexibility index (Phi) is 54.8. The molecule has 0 spiro atoms. The minimum absolute atomic E-state index is 0.0283. The maximum Gasteiger partial charge on any atom is 0.472 e. The molecule has 0 bridgehead atoms. The molecule has 0 aliphatic heterocycles. The van der Waals surface area contributed by atoms with Crippen molar-refractivity contribution in [3.05, 3.63) is 85.1 Å². The summed E-state index contributed by atoms with van der Waals surface area (Å²) in [7, 11) is 1.47. The van der Waals surface area contributed by atoms with Crippen LogP contribution in [0, 0.1) is 0 Å². The first-order chi connectivity index (χ1) is 37.0. The third-order valence-electron chi connectivity index (χ3n) is 13.4. The molecule has 76 heavy (non-hydrogen) atoms. The molecule has 0 fully saturated rings. The van der Waals surface area contributed by atoms with E-state index in [2.05, 4.69) is 98.9 Å². The third-order valence-corrected chi connectivity index (χ3v) is 14.4. The van der Waals surface area contributed by atoms with Crippen molar-refractivity contribution in [2.45, 2.75) is 277 Å². The summed E-state index contributed by atoms with van der Waals surface area (Å²) in [6.45, 7) is 4.29. The number of phosphoric ester groups is 1. The number of carbonyl (C=O) groups is 2. The first kappa shape index (κ1) is 73.2. The standard InChI is InChI=1S/C66H118NO8P/c1-6-8-10-12-14-16-18-20-22-23-24-25-26-27-28-29-30-31-32-33-34-35-36-37-38-39-40-41-42-43-45-47-49-51-53-55-57-59-66(69)75-64(63-74-76(70,71)73-61-60-67(3,4)5)62-72-65(68)58-56-54-52-50-48-46-44-21-19-17-15-13-11-9-7-2/h8,10,14-17,20-22,24-25,27-28,44,64H,6-7,9,11-13,18-19,23,26,29-43,45-63H2,1-5H3/p+1/b10-8-,16-14-,17-15-,22-20-,25-24-,28-27-,44-21-. The number of hydrogen-bond acceptors (Lipinski definition) is 7. The van der Waals surface area contributed by atoms with E-state index in [0.29, 0.717) is 17.4 Å². The maximum absolute atomic E-state index is 12.8. The van der Waals surface area contributed by atoms with Gasteiger partial charge in [-0.2, -0.15) is 0 Å². The molecule has 0 radical (unpaired) electrons. The van der Waals surface area contributed by atoms with Gasteiger partial charge >= 0.3 is 19.8 Å². The smallest absolute Gasteiger partial charge is 0.462 e. The molecular weight excluding hydrogens is 966 g/mol. The lowest BCUT2D eigenvalue weighted by Crippen LogP contribution is -2.37. The number of esters is 2. The molecule has 0 aromatic carbocycles. The fourth-order valence-corrected chi connectivity index (χ4v) is 9.34. The van der Waals surface area contributed by atoms with E-state index in [4.69, 9.17) is 18.5 Å². The number of quaternary nitrogens is 1. The Labute approximate surface area is 469 Å². The highest BCUT2D eigenvalue weighted by Crippen LogP contribution is 2.43. The fraction of sp³-hybridized carbons (Fsp3) is 0.758. The lowest BCUT2D eigenvalue weighted by molar-refractivity contribution is -0.870. The predicted molar refractivity (Wildman–Crippen MR) is 325 cm³/mol. The van der Waals surface area contributed by atoms with Crippen LogP contribution in [0.4, 0.5) is 0 Å². The number of hydrogen-bond donors (Lipinski definition) is 1. The lowest BCUT2D eigenvalue weighted by Gasteiger charge is -2.24. The average Bonchev–Trinajstić information content (AvgIpc) is 3.38. The van der Waals surface area contributed by atoms with Crippen LogP contribution in [0.1, 0.15) is 271 Å². The van der Waals surface area contributed by atoms with Gasteiger partial charge in [-0.05, 0) is 89.9 Å². The Bertz CT molecular complexity index is 1560. The summed E-state index contributed by atoms with van der Waals surface area (Å²) in [5.41, 5.74) is 0. The summed E-state index contributed by atoms with van der Waals surface area (Å²) in [6, 6.07) is 0. The molecule has 0 saturated heterocycles. The Hall–Kier alpha value is -2.81. The highest BCUT2D eigenvalue weighted by molar-refractivity contribution is 7.47. The molecule has 2 atom stereocenters. The van der Waals surface area contributed by atoms with Crippen LogP contribution in [0.25, 0.3) is 0 Å². The van der Waals surface area contributed by atoms with Gasteiger partial charge in [0.05, 0.1) is 27.7 Å². The van der Waals surface area contributed by atoms with Crippen molar-refractivity contribution in [1.82, 2.24) is 0 Å². The molecule has 2 unspecified atom stereocenters. The van der Waals surface area contributed by atoms with Gasteiger partial charge in [0, 0.05) is 12.8 Å². The SMILES string of the molecule is CC/C=C\C/C=C\C/C=C\C/C=C\C/C=C\CCCCCCCCCCCCCCCCCCCCCCCC(=O)OC(COC(=O)CCCCCCC/C=C\C/C=C\CCCCC)COP(=O)(O)OCC[N+](C)(C)C. The number of allylic oxidation sites excluding steroid dienone is 14. The van der Waals surface area contributed by atoms with Crippen LogP contribution in [0.3, 0.4) is 0 Å². The minimum Gasteiger partial charge on any atom is -0.462 e. The average molecular weight is 1090 g/mol. The van der Waals surface area contributed by atoms with E-state index in [0.717, 1.165) is 89.9 Å². The second-order valence-corrected chi connectivity index (χ2v) is 23.5. The van der Waals surface area contributed by atoms with Crippen LogP contribution in [0.5, 0.6) is 0 Å². The first-order valence-corrected chi connectivity index (χ1v) is 32.8. The highest BCUT2D eigenvalue weighted by Gasteiger charge is 2.27. The molecule has 0 aliphatic rings. The molecule has 0 heterocycles. The molecule has 440 valence electrons. The van der Waals surface area contributed by atoms with E-state index in [-0.39, 0.29) is 32.0 Å². The van der Waals surface area contributed by atoms with Crippen LogP contribution < -0.4 is 0 Å². The number of nitrogens with zero attached hydrogens (tertiary/aromatic N) is 1. The molecule has 0 aromatic rings. The summed E-state index contributed by atoms with van der Waals surface area (Å²) in [5, 5.41) is 0. The van der Waals surface area contributed by atoms with Crippen LogP contribution in [0.2, 0.25) is 0 Å². The molecule has 10 heteroatoms. The second kappa shape index (κ2) is 56.9. The largest absolute Gasteiger partial charge is 0.472 e. The molecule has 9 nitrogen and oxygen atoms in total. The molecule has 0 aromatic heterocycles. The van der Waals surface area contributed by atoms with E-state index in [1.54, 1.807) is 0 Å². The first-order valence-electron chi connectivity index (χ1n) is 31.3. The molecule has 0 saturated carbocycles. The Morgan fingerprint density at radius 1 is 0.421 bits per heavy atom. The molecule has 0 rings (SSSR count). The van der Waals surface area contributed by atoms with Gasteiger partial charge < -0.3 is 18.9 Å². The van der Waals surface area contributed by atoms with Gasteiger partial charge in [0.1, 0.15) is 19.8 Å². The van der Waals surface area contributed by atoms with Crippen molar-refractivity contribution < 1.29 is 42.1 Å². The zero-order chi connectivity index (χ0) is 55.6. The summed E-state index contributed by atoms with van der Waals surface area (Å²) < 4.78 is 34.6. The van der Waals surface area contributed by atoms with E-state index in [1.165, 1.54) is 148 Å². The van der Waals surface area contributed by atoms with E-state index < -0.39 is 26.5 Å². The van der Waals surface area contributed by atoms with Crippen LogP contribution in [-0.2, 0) is 32.7 Å². The molecular formula is C66H119NO8P+. The number of ether oxygens (including phenoxy) is 2. The van der Waals surface area contributed by atoms with Gasteiger partial charge in [0.2, 0.25) is 0 Å². The number of rotatable bonds is 57. The van der Waals surface area contributed by atoms with Gasteiger partial charge in [0.15, 0.2) is 6.10 Å². The van der Waals surface area contributed by atoms with Gasteiger partial charge in [-0.15, -0.1) is 0 Å². The molecule has 1 N–H and O–H groups in total. The van der Waals surface area contributed by atoms with E-state index in [1.807, 2.05) is 21.1 Å². The van der Waals surface area contributed by atoms with Crippen LogP contribution >= 0.6 is 7.82 Å². The van der Waals surface area contributed by atoms with Gasteiger partial charge in [-0.25, -0.2) is 4.57 Å². The van der Waals surface area contributed by atoms with Crippen LogP contribution in [0.15, 0.2) is 85.1 Å². The normalized spacial score (nSPS) is 13.8. The van der Waals surface area contributed by atoms with Crippen molar-refractivity contribution in [2.75, 3.05) is 47.5 Å². The topological polar surface area (TPSA) is 108 Å². The number of likely N-dealkylation sites (N-methyl/N-ethyl adjacent to an activating group) is 1. The Morgan fingerprint density at radius 2 is 0.750 bits per heavy atom. The Balaban J connectivity index is 3.98. The highest BCUT2D eigenvalue weighted by atomic mass is 31.2. The van der Waals surface area contributed by atoms with Crippen molar-refractivity contribution in [3.63, 3.8) is 0 Å². The van der Waals surface area contributed by atoms with Gasteiger partial charge in [0.25, 0.3) is 0 Å². The summed E-state index contributed by atoms with van der Waals surface area (Å²) >= 11 is 0. The third kappa shape index (κ3) is 60.4. The van der Waals surface area contributed by atoms with Crippen molar-refractivity contribution in [1.29, 1.82) is 0 Å². The lowest BCUT2D eigenvalue weighted by atomic mass is 10.0. The number of unbranched alkanes of at least 4 members (excludes halogenated alkanes) is 29.